The highest BCUT2D eigenvalue weighted by molar-refractivity contribution is 5.91. The molecule has 0 atom stereocenters. The first kappa shape index (κ1) is 15.1. The molecule has 0 aliphatic carbocycles. The van der Waals surface area contributed by atoms with E-state index in [1.807, 2.05) is 13.8 Å². The van der Waals surface area contributed by atoms with E-state index in [4.69, 9.17) is 9.47 Å². The molecule has 19 heavy (non-hydrogen) atoms. The van der Waals surface area contributed by atoms with Crippen molar-refractivity contribution in [2.45, 2.75) is 26.7 Å². The third-order valence-electron chi connectivity index (χ3n) is 2.29. The molecule has 4 nitrogen and oxygen atoms in total. The number of carbonyl (C=O) groups excluding carboxylic acids is 1. The minimum absolute atomic E-state index is 0.182. The van der Waals surface area contributed by atoms with Crippen molar-refractivity contribution in [1.82, 2.24) is 0 Å². The van der Waals surface area contributed by atoms with Gasteiger partial charge in [-0.2, -0.15) is 0 Å². The summed E-state index contributed by atoms with van der Waals surface area (Å²) in [6, 6.07) is 6.52. The number of hydrogen-bond acceptors (Lipinski definition) is 4. The highest BCUT2D eigenvalue weighted by atomic mass is 16.6. The van der Waals surface area contributed by atoms with E-state index in [-0.39, 0.29) is 11.5 Å². The lowest BCUT2D eigenvalue weighted by Gasteiger charge is -2.09. The van der Waals surface area contributed by atoms with Crippen LogP contribution in [0, 0.1) is 0 Å². The van der Waals surface area contributed by atoms with Gasteiger partial charge < -0.3 is 14.6 Å². The van der Waals surface area contributed by atoms with Crippen molar-refractivity contribution in [2.24, 2.45) is 0 Å². The van der Waals surface area contributed by atoms with Gasteiger partial charge >= 0.3 is 5.97 Å². The number of rotatable bonds is 7. The lowest BCUT2D eigenvalue weighted by molar-refractivity contribution is -0.142. The Morgan fingerprint density at radius 3 is 2.26 bits per heavy atom. The predicted molar refractivity (Wildman–Crippen MR) is 73.6 cm³/mol. The summed E-state index contributed by atoms with van der Waals surface area (Å²) in [7, 11) is 0. The summed E-state index contributed by atoms with van der Waals surface area (Å²) >= 11 is 0. The van der Waals surface area contributed by atoms with Gasteiger partial charge in [-0.05, 0) is 36.6 Å². The van der Waals surface area contributed by atoms with Gasteiger partial charge in [0.05, 0.1) is 13.2 Å². The van der Waals surface area contributed by atoms with E-state index in [1.54, 1.807) is 30.3 Å². The lowest BCUT2D eigenvalue weighted by atomic mass is 10.2. The zero-order valence-electron chi connectivity index (χ0n) is 11.4. The van der Waals surface area contributed by atoms with Gasteiger partial charge in [0.2, 0.25) is 5.76 Å². The van der Waals surface area contributed by atoms with Crippen LogP contribution in [0.1, 0.15) is 32.3 Å². The van der Waals surface area contributed by atoms with Crippen LogP contribution in [0.25, 0.3) is 6.08 Å². The molecule has 1 aromatic carbocycles. The quantitative estimate of drug-likeness (QED) is 0.467. The van der Waals surface area contributed by atoms with Crippen LogP contribution >= 0.6 is 0 Å². The molecule has 1 aromatic rings. The standard InChI is InChI=1S/C15H20O4/c1-3-9-18-14(15(17)19-10-4-2)11-12-5-7-13(16)8-6-12/h5-8,11,16H,3-4,9-10H2,1-2H3/b14-11-. The van der Waals surface area contributed by atoms with Crippen molar-refractivity contribution < 1.29 is 19.4 Å². The molecule has 0 amide bonds. The number of esters is 1. The van der Waals surface area contributed by atoms with Gasteiger partial charge in [-0.1, -0.05) is 26.0 Å². The molecule has 0 heterocycles. The summed E-state index contributed by atoms with van der Waals surface area (Å²) in [5, 5.41) is 9.21. The summed E-state index contributed by atoms with van der Waals surface area (Å²) < 4.78 is 10.5. The zero-order chi connectivity index (χ0) is 14.1. The zero-order valence-corrected chi connectivity index (χ0v) is 11.4. The smallest absolute Gasteiger partial charge is 0.373 e. The average molecular weight is 264 g/mol. The fourth-order valence-corrected chi connectivity index (χ4v) is 1.36. The fourth-order valence-electron chi connectivity index (χ4n) is 1.36. The largest absolute Gasteiger partial charge is 0.508 e. The molecule has 0 unspecified atom stereocenters. The Labute approximate surface area is 113 Å². The van der Waals surface area contributed by atoms with Crippen LogP contribution in [0.5, 0.6) is 5.75 Å². The normalized spacial score (nSPS) is 11.2. The van der Waals surface area contributed by atoms with Crippen molar-refractivity contribution in [2.75, 3.05) is 13.2 Å². The highest BCUT2D eigenvalue weighted by Crippen LogP contribution is 2.14. The van der Waals surface area contributed by atoms with Crippen LogP contribution < -0.4 is 0 Å². The first-order chi connectivity index (χ1) is 9.17. The summed E-state index contributed by atoms with van der Waals surface area (Å²) in [5.41, 5.74) is 0.775. The third-order valence-corrected chi connectivity index (χ3v) is 2.29. The minimum Gasteiger partial charge on any atom is -0.508 e. The molecular weight excluding hydrogens is 244 g/mol. The first-order valence-electron chi connectivity index (χ1n) is 6.48. The summed E-state index contributed by atoms with van der Waals surface area (Å²) in [6.07, 6.45) is 3.20. The van der Waals surface area contributed by atoms with Gasteiger partial charge in [0, 0.05) is 0 Å². The number of ether oxygens (including phenoxy) is 2. The van der Waals surface area contributed by atoms with E-state index in [1.165, 1.54) is 0 Å². The van der Waals surface area contributed by atoms with E-state index in [0.717, 1.165) is 18.4 Å². The molecule has 0 radical (unpaired) electrons. The van der Waals surface area contributed by atoms with Gasteiger partial charge in [0.15, 0.2) is 0 Å². The van der Waals surface area contributed by atoms with Crippen molar-refractivity contribution in [3.05, 3.63) is 35.6 Å². The van der Waals surface area contributed by atoms with Gasteiger partial charge in [-0.3, -0.25) is 0 Å². The lowest BCUT2D eigenvalue weighted by Crippen LogP contribution is -2.11. The third kappa shape index (κ3) is 5.46. The monoisotopic (exact) mass is 264 g/mol. The molecule has 4 heteroatoms. The first-order valence-corrected chi connectivity index (χ1v) is 6.48. The Balaban J connectivity index is 2.82. The highest BCUT2D eigenvalue weighted by Gasteiger charge is 2.12. The van der Waals surface area contributed by atoms with Crippen LogP contribution in [0.4, 0.5) is 0 Å². The van der Waals surface area contributed by atoms with Crippen LogP contribution in [0.15, 0.2) is 30.0 Å². The van der Waals surface area contributed by atoms with Crippen LogP contribution in [-0.2, 0) is 14.3 Å². The molecule has 0 aliphatic rings. The van der Waals surface area contributed by atoms with Crippen LogP contribution in [0.2, 0.25) is 0 Å². The molecule has 0 bridgehead atoms. The Bertz CT molecular complexity index is 420. The van der Waals surface area contributed by atoms with Gasteiger partial charge in [-0.15, -0.1) is 0 Å². The minimum atomic E-state index is -0.455. The predicted octanol–water partition coefficient (Wildman–Crippen LogP) is 3.11. The number of aromatic hydroxyl groups is 1. The van der Waals surface area contributed by atoms with Crippen LogP contribution in [0.3, 0.4) is 0 Å². The molecule has 0 fully saturated rings. The number of phenolic OH excluding ortho intramolecular Hbond substituents is 1. The van der Waals surface area contributed by atoms with E-state index >= 15 is 0 Å². The number of phenols is 1. The van der Waals surface area contributed by atoms with E-state index < -0.39 is 5.97 Å². The molecule has 1 N–H and O–H groups in total. The molecule has 0 aromatic heterocycles. The van der Waals surface area contributed by atoms with E-state index in [0.29, 0.717) is 13.2 Å². The Morgan fingerprint density at radius 1 is 1.11 bits per heavy atom. The maximum atomic E-state index is 11.8. The number of carbonyl (C=O) groups is 1. The second-order valence-corrected chi connectivity index (χ2v) is 4.08. The number of hydrogen-bond donors (Lipinski definition) is 1. The maximum Gasteiger partial charge on any atom is 0.373 e. The molecule has 0 spiro atoms. The topological polar surface area (TPSA) is 55.8 Å². The van der Waals surface area contributed by atoms with Gasteiger partial charge in [0.25, 0.3) is 0 Å². The molecular formula is C15H20O4. The summed E-state index contributed by atoms with van der Waals surface area (Å²) in [5.74, 6) is -0.0777. The van der Waals surface area contributed by atoms with Gasteiger partial charge in [0.1, 0.15) is 5.75 Å². The van der Waals surface area contributed by atoms with Crippen molar-refractivity contribution in [1.29, 1.82) is 0 Å². The van der Waals surface area contributed by atoms with E-state index in [9.17, 15) is 9.90 Å². The molecule has 0 saturated heterocycles. The number of benzene rings is 1. The fraction of sp³-hybridized carbons (Fsp3) is 0.400. The second kappa shape index (κ2) is 8.19. The van der Waals surface area contributed by atoms with Crippen molar-refractivity contribution >= 4 is 12.0 Å². The van der Waals surface area contributed by atoms with Crippen molar-refractivity contribution in [3.8, 4) is 5.75 Å². The van der Waals surface area contributed by atoms with Gasteiger partial charge in [-0.25, -0.2) is 4.79 Å². The SMILES string of the molecule is CCCOC(=O)/C(=C/c1ccc(O)cc1)OCCC. The Hall–Kier alpha value is -1.97. The molecule has 1 rings (SSSR count). The van der Waals surface area contributed by atoms with E-state index in [2.05, 4.69) is 0 Å². The molecule has 0 aliphatic heterocycles. The summed E-state index contributed by atoms with van der Waals surface area (Å²) in [4.78, 5) is 11.8. The summed E-state index contributed by atoms with van der Waals surface area (Å²) in [6.45, 7) is 4.74. The molecule has 0 saturated carbocycles. The maximum absolute atomic E-state index is 11.8. The molecule has 104 valence electrons. The Kier molecular flexibility index (Phi) is 6.50. The average Bonchev–Trinajstić information content (AvgIpc) is 2.42. The second-order valence-electron chi connectivity index (χ2n) is 4.08. The van der Waals surface area contributed by atoms with Crippen molar-refractivity contribution in [3.63, 3.8) is 0 Å². The van der Waals surface area contributed by atoms with Crippen LogP contribution in [-0.4, -0.2) is 24.3 Å². The Morgan fingerprint density at radius 2 is 1.68 bits per heavy atom.